The first-order valence-electron chi connectivity index (χ1n) is 9.62. The van der Waals surface area contributed by atoms with Crippen molar-refractivity contribution in [2.24, 2.45) is 5.16 Å². The molecule has 29 heavy (non-hydrogen) atoms. The van der Waals surface area contributed by atoms with Crippen molar-refractivity contribution in [1.82, 2.24) is 0 Å². The van der Waals surface area contributed by atoms with Crippen LogP contribution in [0.15, 0.2) is 84.0 Å². The minimum atomic E-state index is -0.299. The van der Waals surface area contributed by atoms with Gasteiger partial charge in [-0.15, -0.1) is 0 Å². The average Bonchev–Trinajstić information content (AvgIpc) is 2.79. The molecule has 1 unspecified atom stereocenters. The van der Waals surface area contributed by atoms with Crippen LogP contribution in [0.5, 0.6) is 5.75 Å². The minimum Gasteiger partial charge on any atom is -0.497 e. The first kappa shape index (κ1) is 18.9. The van der Waals surface area contributed by atoms with Gasteiger partial charge in [0.1, 0.15) is 11.5 Å². The molecule has 0 aliphatic carbocycles. The van der Waals surface area contributed by atoms with Gasteiger partial charge in [0.15, 0.2) is 0 Å². The van der Waals surface area contributed by atoms with Gasteiger partial charge < -0.3 is 19.4 Å². The molecule has 1 aliphatic heterocycles. The zero-order chi connectivity index (χ0) is 20.2. The summed E-state index contributed by atoms with van der Waals surface area (Å²) in [6.07, 6.45) is -0.299. The van der Waals surface area contributed by atoms with Crippen LogP contribution in [0.25, 0.3) is 0 Å². The quantitative estimate of drug-likeness (QED) is 0.636. The van der Waals surface area contributed by atoms with E-state index in [9.17, 15) is 0 Å². The predicted molar refractivity (Wildman–Crippen MR) is 118 cm³/mol. The van der Waals surface area contributed by atoms with E-state index < -0.39 is 0 Å². The number of hydrogen-bond acceptors (Lipinski definition) is 5. The third-order valence-corrected chi connectivity index (χ3v) is 5.07. The lowest BCUT2D eigenvalue weighted by atomic mass is 10.1. The number of benzene rings is 3. The lowest BCUT2D eigenvalue weighted by Crippen LogP contribution is -2.38. The predicted octanol–water partition coefficient (Wildman–Crippen LogP) is 4.70. The van der Waals surface area contributed by atoms with E-state index >= 15 is 0 Å². The lowest BCUT2D eigenvalue weighted by Gasteiger charge is -2.36. The van der Waals surface area contributed by atoms with Crippen molar-refractivity contribution in [3.8, 4) is 5.75 Å². The summed E-state index contributed by atoms with van der Waals surface area (Å²) in [5.41, 5.74) is 5.22. The van der Waals surface area contributed by atoms with Crippen molar-refractivity contribution in [2.45, 2.75) is 6.23 Å². The fourth-order valence-corrected chi connectivity index (χ4v) is 3.40. The molecule has 4 rings (SSSR count). The van der Waals surface area contributed by atoms with Crippen LogP contribution in [0.3, 0.4) is 0 Å². The Balaban J connectivity index is 1.69. The Morgan fingerprint density at radius 2 is 1.62 bits per heavy atom. The monoisotopic (exact) mass is 387 g/mol. The van der Waals surface area contributed by atoms with E-state index in [2.05, 4.69) is 63.5 Å². The average molecular weight is 387 g/mol. The van der Waals surface area contributed by atoms with E-state index in [-0.39, 0.29) is 6.23 Å². The highest BCUT2D eigenvalue weighted by molar-refractivity contribution is 6.03. The maximum absolute atomic E-state index is 6.02. The highest BCUT2D eigenvalue weighted by Gasteiger charge is 2.29. The fourth-order valence-electron chi connectivity index (χ4n) is 3.40. The Morgan fingerprint density at radius 3 is 2.24 bits per heavy atom. The molecule has 0 saturated carbocycles. The number of nitrogens with zero attached hydrogens (tertiary/aromatic N) is 3. The van der Waals surface area contributed by atoms with E-state index in [1.165, 1.54) is 0 Å². The van der Waals surface area contributed by atoms with E-state index in [0.29, 0.717) is 6.54 Å². The van der Waals surface area contributed by atoms with Gasteiger partial charge in [0.25, 0.3) is 0 Å². The zero-order valence-electron chi connectivity index (χ0n) is 16.9. The van der Waals surface area contributed by atoms with Gasteiger partial charge in [-0.2, -0.15) is 0 Å². The van der Waals surface area contributed by atoms with Gasteiger partial charge in [0.05, 0.1) is 13.7 Å². The van der Waals surface area contributed by atoms with Gasteiger partial charge >= 0.3 is 0 Å². The summed E-state index contributed by atoms with van der Waals surface area (Å²) >= 11 is 0. The summed E-state index contributed by atoms with van der Waals surface area (Å²) in [4.78, 5) is 10.3. The van der Waals surface area contributed by atoms with Crippen LogP contribution in [-0.4, -0.2) is 33.5 Å². The number of oxime groups is 1. The largest absolute Gasteiger partial charge is 0.497 e. The number of anilines is 2. The molecule has 5 heteroatoms. The van der Waals surface area contributed by atoms with Gasteiger partial charge in [0, 0.05) is 36.6 Å². The normalized spacial score (nSPS) is 16.0. The van der Waals surface area contributed by atoms with Crippen molar-refractivity contribution in [3.05, 3.63) is 90.0 Å². The molecular weight excluding hydrogens is 362 g/mol. The van der Waals surface area contributed by atoms with Crippen LogP contribution < -0.4 is 14.5 Å². The molecule has 3 aromatic carbocycles. The molecule has 0 fully saturated rings. The van der Waals surface area contributed by atoms with Crippen molar-refractivity contribution >= 4 is 17.1 Å². The smallest absolute Gasteiger partial charge is 0.226 e. The number of methoxy groups -OCH3 is 1. The van der Waals surface area contributed by atoms with E-state index in [1.54, 1.807) is 7.11 Å². The minimum absolute atomic E-state index is 0.299. The molecule has 0 amide bonds. The Hall–Kier alpha value is -3.47. The van der Waals surface area contributed by atoms with Crippen LogP contribution in [0.4, 0.5) is 11.4 Å². The van der Waals surface area contributed by atoms with Crippen molar-refractivity contribution in [2.75, 3.05) is 37.5 Å². The van der Waals surface area contributed by atoms with E-state index in [4.69, 9.17) is 9.57 Å². The summed E-state index contributed by atoms with van der Waals surface area (Å²) in [6, 6.07) is 26.6. The molecule has 1 aliphatic rings. The van der Waals surface area contributed by atoms with Gasteiger partial charge in [0.2, 0.25) is 6.23 Å². The molecule has 0 N–H and O–H groups in total. The van der Waals surface area contributed by atoms with Gasteiger partial charge in [-0.05, 0) is 36.4 Å². The third kappa shape index (κ3) is 4.04. The summed E-state index contributed by atoms with van der Waals surface area (Å²) in [5, 5.41) is 4.46. The van der Waals surface area contributed by atoms with Gasteiger partial charge in [-0.3, -0.25) is 0 Å². The maximum Gasteiger partial charge on any atom is 0.226 e. The first-order chi connectivity index (χ1) is 14.2. The Kier molecular flexibility index (Phi) is 5.38. The number of rotatable bonds is 5. The van der Waals surface area contributed by atoms with Crippen LogP contribution in [0.2, 0.25) is 0 Å². The second-order valence-corrected chi connectivity index (χ2v) is 7.17. The summed E-state index contributed by atoms with van der Waals surface area (Å²) in [7, 11) is 5.74. The lowest BCUT2D eigenvalue weighted by molar-refractivity contribution is 0.0486. The number of ether oxygens (including phenoxy) is 1. The topological polar surface area (TPSA) is 37.3 Å². The second-order valence-electron chi connectivity index (χ2n) is 7.17. The summed E-state index contributed by atoms with van der Waals surface area (Å²) in [5.74, 6) is 0.829. The molecular formula is C24H25N3O2. The van der Waals surface area contributed by atoms with E-state index in [0.717, 1.165) is 34.0 Å². The molecule has 0 bridgehead atoms. The molecule has 0 radical (unpaired) electrons. The fraction of sp³-hybridized carbons (Fsp3) is 0.208. The van der Waals surface area contributed by atoms with Crippen molar-refractivity contribution in [3.63, 3.8) is 0 Å². The SMILES string of the molecule is COc1ccc(N2CC(c3ccccc3)=NOC2c2ccc(N(C)C)cc2)cc1. The first-order valence-corrected chi connectivity index (χ1v) is 9.62. The van der Waals surface area contributed by atoms with Gasteiger partial charge in [-0.1, -0.05) is 47.6 Å². The standard InChI is InChI=1S/C24H25N3O2/c1-26(2)20-11-9-19(10-12-20)24-27(21-13-15-22(28-3)16-14-21)17-23(25-29-24)18-7-5-4-6-8-18/h4-16,24H,17H2,1-3H3. The van der Waals surface area contributed by atoms with Crippen LogP contribution in [-0.2, 0) is 4.84 Å². The third-order valence-electron chi connectivity index (χ3n) is 5.07. The van der Waals surface area contributed by atoms with Crippen LogP contribution in [0, 0.1) is 0 Å². The highest BCUT2D eigenvalue weighted by Crippen LogP contribution is 2.33. The Labute approximate surface area is 171 Å². The summed E-state index contributed by atoms with van der Waals surface area (Å²) < 4.78 is 5.32. The van der Waals surface area contributed by atoms with Crippen LogP contribution in [0.1, 0.15) is 17.4 Å². The van der Waals surface area contributed by atoms with Gasteiger partial charge in [-0.25, -0.2) is 0 Å². The van der Waals surface area contributed by atoms with Crippen molar-refractivity contribution < 1.29 is 9.57 Å². The Morgan fingerprint density at radius 1 is 0.931 bits per heavy atom. The molecule has 0 aromatic heterocycles. The molecule has 1 atom stereocenters. The molecule has 1 heterocycles. The summed E-state index contributed by atoms with van der Waals surface area (Å²) in [6.45, 7) is 0.649. The molecule has 0 saturated heterocycles. The molecule has 148 valence electrons. The molecule has 3 aromatic rings. The molecule has 5 nitrogen and oxygen atoms in total. The highest BCUT2D eigenvalue weighted by atomic mass is 16.7. The van der Waals surface area contributed by atoms with E-state index in [1.807, 2.05) is 44.4 Å². The Bertz CT molecular complexity index is 967. The molecule has 0 spiro atoms. The zero-order valence-corrected chi connectivity index (χ0v) is 16.9. The number of hydrogen-bond donors (Lipinski definition) is 0. The van der Waals surface area contributed by atoms with Crippen LogP contribution >= 0.6 is 0 Å². The van der Waals surface area contributed by atoms with Crippen molar-refractivity contribution in [1.29, 1.82) is 0 Å². The maximum atomic E-state index is 6.02. The second kappa shape index (κ2) is 8.27.